The maximum atomic E-state index is 14.0. The summed E-state index contributed by atoms with van der Waals surface area (Å²) in [4.78, 5) is 31.2. The van der Waals surface area contributed by atoms with Crippen LogP contribution in [0.1, 0.15) is 70.7 Å². The van der Waals surface area contributed by atoms with Gasteiger partial charge in [0.1, 0.15) is 5.60 Å². The predicted octanol–water partition coefficient (Wildman–Crippen LogP) is 5.90. The number of rotatable bonds is 11. The molecule has 8 heteroatoms. The molecule has 1 heterocycles. The van der Waals surface area contributed by atoms with Gasteiger partial charge in [0, 0.05) is 19.4 Å². The minimum atomic E-state index is -2.04. The van der Waals surface area contributed by atoms with E-state index in [9.17, 15) is 9.59 Å². The summed E-state index contributed by atoms with van der Waals surface area (Å²) in [6.07, 6.45) is 2.35. The SMILES string of the molecule is CC[Si](CC)(CC)O[C@H](C)[C@@H](C(=O)c1nccn1C)[C@H](NC(=O)OC(C)(C)C)c1ccccc1. The van der Waals surface area contributed by atoms with Gasteiger partial charge in [0.25, 0.3) is 0 Å². The lowest BCUT2D eigenvalue weighted by Crippen LogP contribution is -2.48. The minimum Gasteiger partial charge on any atom is -0.444 e. The van der Waals surface area contributed by atoms with Gasteiger partial charge in [-0.1, -0.05) is 51.1 Å². The molecule has 2 rings (SSSR count). The van der Waals surface area contributed by atoms with Crippen LogP contribution in [0.2, 0.25) is 18.1 Å². The molecule has 7 nitrogen and oxygen atoms in total. The molecule has 0 fully saturated rings. The second-order valence-electron chi connectivity index (χ2n) is 9.85. The molecule has 0 aliphatic rings. The fourth-order valence-corrected chi connectivity index (χ4v) is 7.27. The van der Waals surface area contributed by atoms with Crippen LogP contribution in [0, 0.1) is 5.92 Å². The van der Waals surface area contributed by atoms with Gasteiger partial charge in [-0.25, -0.2) is 9.78 Å². The number of hydrogen-bond donors (Lipinski definition) is 1. The lowest BCUT2D eigenvalue weighted by atomic mass is 9.85. The fraction of sp³-hybridized carbons (Fsp3) is 0.577. The summed E-state index contributed by atoms with van der Waals surface area (Å²) < 4.78 is 14.1. The molecule has 0 spiro atoms. The Morgan fingerprint density at radius 3 is 2.15 bits per heavy atom. The maximum Gasteiger partial charge on any atom is 0.408 e. The number of imidazole rings is 1. The number of amides is 1. The van der Waals surface area contributed by atoms with Crippen molar-refractivity contribution < 1.29 is 18.8 Å². The largest absolute Gasteiger partial charge is 0.444 e. The van der Waals surface area contributed by atoms with Gasteiger partial charge in [-0.2, -0.15) is 0 Å². The highest BCUT2D eigenvalue weighted by Gasteiger charge is 2.42. The van der Waals surface area contributed by atoms with Crippen molar-refractivity contribution in [2.45, 2.75) is 84.3 Å². The van der Waals surface area contributed by atoms with Crippen molar-refractivity contribution >= 4 is 20.2 Å². The van der Waals surface area contributed by atoms with Crippen molar-refractivity contribution in [1.29, 1.82) is 0 Å². The number of alkyl carbamates (subject to hydrolysis) is 1. The van der Waals surface area contributed by atoms with Crippen LogP contribution in [-0.4, -0.2) is 41.4 Å². The summed E-state index contributed by atoms with van der Waals surface area (Å²) in [5.74, 6) is -0.521. The summed E-state index contributed by atoms with van der Waals surface area (Å²) in [5.41, 5.74) is 0.148. The number of aryl methyl sites for hydroxylation is 1. The molecule has 1 N–H and O–H groups in total. The second-order valence-corrected chi connectivity index (χ2v) is 14.6. The van der Waals surface area contributed by atoms with Crippen LogP contribution in [0.15, 0.2) is 42.7 Å². The van der Waals surface area contributed by atoms with Gasteiger partial charge in [0.15, 0.2) is 14.1 Å². The first-order chi connectivity index (χ1) is 16.0. The molecule has 0 saturated heterocycles. The Balaban J connectivity index is 2.57. The maximum absolute atomic E-state index is 14.0. The fourth-order valence-electron chi connectivity index (χ4n) is 4.33. The van der Waals surface area contributed by atoms with Crippen LogP contribution < -0.4 is 5.32 Å². The van der Waals surface area contributed by atoms with Gasteiger partial charge >= 0.3 is 6.09 Å². The van der Waals surface area contributed by atoms with Gasteiger partial charge in [-0.05, 0) is 51.4 Å². The van der Waals surface area contributed by atoms with Crippen LogP contribution >= 0.6 is 0 Å². The van der Waals surface area contributed by atoms with Crippen LogP contribution in [0.5, 0.6) is 0 Å². The molecule has 0 saturated carbocycles. The number of ketones is 1. The number of carbonyl (C=O) groups excluding carboxylic acids is 2. The van der Waals surface area contributed by atoms with Gasteiger partial charge in [-0.15, -0.1) is 0 Å². The number of benzene rings is 1. The van der Waals surface area contributed by atoms with E-state index in [0.717, 1.165) is 23.7 Å². The Kier molecular flexibility index (Phi) is 9.64. The molecule has 1 aromatic carbocycles. The molecule has 188 valence electrons. The van der Waals surface area contributed by atoms with Crippen LogP contribution in [0.25, 0.3) is 0 Å². The van der Waals surface area contributed by atoms with E-state index in [4.69, 9.17) is 9.16 Å². The first-order valence-electron chi connectivity index (χ1n) is 12.2. The van der Waals surface area contributed by atoms with E-state index in [1.165, 1.54) is 0 Å². The van der Waals surface area contributed by atoms with Crippen molar-refractivity contribution in [2.24, 2.45) is 13.0 Å². The van der Waals surface area contributed by atoms with E-state index in [1.54, 1.807) is 24.0 Å². The van der Waals surface area contributed by atoms with Gasteiger partial charge < -0.3 is 19.0 Å². The highest BCUT2D eigenvalue weighted by atomic mass is 28.4. The molecule has 2 aromatic rings. The highest BCUT2D eigenvalue weighted by Crippen LogP contribution is 2.34. The van der Waals surface area contributed by atoms with Crippen LogP contribution in [0.4, 0.5) is 4.79 Å². The average Bonchev–Trinajstić information content (AvgIpc) is 3.22. The molecule has 0 unspecified atom stereocenters. The topological polar surface area (TPSA) is 82.5 Å². The van der Waals surface area contributed by atoms with Crippen LogP contribution in [-0.2, 0) is 16.2 Å². The Hall–Kier alpha value is -2.45. The van der Waals surface area contributed by atoms with Gasteiger partial charge in [0.05, 0.1) is 18.1 Å². The van der Waals surface area contributed by atoms with Gasteiger partial charge in [-0.3, -0.25) is 4.79 Å². The summed E-state index contributed by atoms with van der Waals surface area (Å²) in [7, 11) is -0.239. The average molecular weight is 488 g/mol. The highest BCUT2D eigenvalue weighted by molar-refractivity contribution is 6.73. The second kappa shape index (κ2) is 11.8. The molecule has 34 heavy (non-hydrogen) atoms. The number of nitrogens with one attached hydrogen (secondary N) is 1. The smallest absolute Gasteiger partial charge is 0.408 e. The van der Waals surface area contributed by atoms with Crippen molar-refractivity contribution in [1.82, 2.24) is 14.9 Å². The molecule has 1 amide bonds. The summed E-state index contributed by atoms with van der Waals surface area (Å²) in [6.45, 7) is 13.9. The third-order valence-electron chi connectivity index (χ3n) is 6.41. The zero-order valence-corrected chi connectivity index (χ0v) is 22.9. The number of ether oxygens (including phenoxy) is 1. The molecule has 0 aliphatic carbocycles. The molecule has 1 aromatic heterocycles. The molecule has 0 aliphatic heterocycles. The minimum absolute atomic E-state index is 0.170. The van der Waals surface area contributed by atoms with E-state index in [1.807, 2.05) is 58.0 Å². The summed E-state index contributed by atoms with van der Waals surface area (Å²) in [6, 6.07) is 11.8. The molecular weight excluding hydrogens is 446 g/mol. The molecular formula is C26H41N3O4Si. The van der Waals surface area contributed by atoms with Gasteiger partial charge in [0.2, 0.25) is 5.78 Å². The number of hydrogen-bond acceptors (Lipinski definition) is 5. The van der Waals surface area contributed by atoms with Crippen molar-refractivity contribution in [3.63, 3.8) is 0 Å². The number of aromatic nitrogens is 2. The Morgan fingerprint density at radius 2 is 1.68 bits per heavy atom. The lowest BCUT2D eigenvalue weighted by molar-refractivity contribution is 0.0422. The zero-order chi connectivity index (χ0) is 25.5. The molecule has 0 radical (unpaired) electrons. The Labute approximate surface area is 205 Å². The molecule has 3 atom stereocenters. The van der Waals surface area contributed by atoms with E-state index >= 15 is 0 Å². The monoisotopic (exact) mass is 487 g/mol. The standard InChI is InChI=1S/C26H41N3O4Si/c1-9-34(10-2,11-3)33-19(4)21(23(30)24-27-17-18-29(24)8)22(20-15-13-12-14-16-20)28-25(31)32-26(5,6)7/h12-19,21-22H,9-11H2,1-8H3,(H,28,31)/t19-,21-,22-/m1/s1. The normalized spacial score (nSPS) is 14.8. The van der Waals surface area contributed by atoms with Crippen molar-refractivity contribution in [2.75, 3.05) is 0 Å². The van der Waals surface area contributed by atoms with E-state index in [0.29, 0.717) is 5.82 Å². The van der Waals surface area contributed by atoms with Crippen LogP contribution in [0.3, 0.4) is 0 Å². The van der Waals surface area contributed by atoms with E-state index < -0.39 is 38.1 Å². The quantitative estimate of drug-likeness (QED) is 0.315. The van der Waals surface area contributed by atoms with Crippen molar-refractivity contribution in [3.8, 4) is 0 Å². The Morgan fingerprint density at radius 1 is 1.09 bits per heavy atom. The predicted molar refractivity (Wildman–Crippen MR) is 137 cm³/mol. The van der Waals surface area contributed by atoms with E-state index in [-0.39, 0.29) is 5.78 Å². The van der Waals surface area contributed by atoms with E-state index in [2.05, 4.69) is 31.1 Å². The first-order valence-corrected chi connectivity index (χ1v) is 14.7. The Bertz CT molecular complexity index is 927. The lowest BCUT2D eigenvalue weighted by Gasteiger charge is -2.38. The number of carbonyl (C=O) groups is 2. The summed E-state index contributed by atoms with van der Waals surface area (Å²) >= 11 is 0. The number of Topliss-reactive ketones (excluding diaryl/α,β-unsaturated/α-hetero) is 1. The third-order valence-corrected chi connectivity index (χ3v) is 11.1. The zero-order valence-electron chi connectivity index (χ0n) is 21.9. The van der Waals surface area contributed by atoms with Crippen molar-refractivity contribution in [3.05, 3.63) is 54.1 Å². The third kappa shape index (κ3) is 7.02. The summed E-state index contributed by atoms with van der Waals surface area (Å²) in [5, 5.41) is 2.99. The molecule has 0 bridgehead atoms. The number of nitrogens with zero attached hydrogens (tertiary/aromatic N) is 2. The first kappa shape index (κ1) is 27.8.